The Labute approximate surface area is 200 Å². The van der Waals surface area contributed by atoms with Crippen LogP contribution in [0, 0.1) is 0 Å². The van der Waals surface area contributed by atoms with Crippen molar-refractivity contribution in [2.24, 2.45) is 0 Å². The molecule has 1 N–H and O–H groups in total. The molecule has 182 valence electrons. The van der Waals surface area contributed by atoms with E-state index in [1.54, 1.807) is 0 Å². The number of benzene rings is 2. The smallest absolute Gasteiger partial charge is 0.406 e. The predicted octanol–water partition coefficient (Wildman–Crippen LogP) is 4.97. The predicted molar refractivity (Wildman–Crippen MR) is 125 cm³/mol. The molecule has 0 saturated carbocycles. The lowest BCUT2D eigenvalue weighted by atomic mass is 10.2. The second-order valence-corrected chi connectivity index (χ2v) is 8.65. The molecule has 2 aromatic carbocycles. The Kier molecular flexibility index (Phi) is 8.56. The highest BCUT2D eigenvalue weighted by Gasteiger charge is 2.31. The molecule has 0 bridgehead atoms. The molecular weight excluding hydrogens is 467 g/mol. The number of amides is 1. The maximum Gasteiger partial charge on any atom is 0.573 e. The van der Waals surface area contributed by atoms with Crippen LogP contribution in [0.3, 0.4) is 0 Å². The molecule has 0 spiro atoms. The maximum absolute atomic E-state index is 12.5. The quantitative estimate of drug-likeness (QED) is 0.402. The molecule has 11 heteroatoms. The highest BCUT2D eigenvalue weighted by molar-refractivity contribution is 7.99. The number of hydrogen-bond acceptors (Lipinski definition) is 6. The molecule has 1 atom stereocenters. The second kappa shape index (κ2) is 11.4. The van der Waals surface area contributed by atoms with Crippen molar-refractivity contribution < 1.29 is 22.7 Å². The summed E-state index contributed by atoms with van der Waals surface area (Å²) in [6, 6.07) is 15.0. The number of nitrogens with zero attached hydrogens (tertiary/aromatic N) is 4. The standard InChI is InChI=1S/C23H26F3N5O2S/c1-4-19(30(2)3)21-28-29-22(31(21)14-16-8-6-5-7-9-16)34-15-20(32)27-17-10-12-18(13-11-17)33-23(24,25)26/h5-13,19H,4,14-15H2,1-3H3,(H,27,32). The van der Waals surface area contributed by atoms with Crippen LogP contribution in [0.4, 0.5) is 18.9 Å². The summed E-state index contributed by atoms with van der Waals surface area (Å²) in [6.45, 7) is 2.65. The van der Waals surface area contributed by atoms with Crippen molar-refractivity contribution in [2.75, 3.05) is 25.2 Å². The molecule has 0 radical (unpaired) electrons. The molecule has 1 unspecified atom stereocenters. The Morgan fingerprint density at radius 1 is 1.12 bits per heavy atom. The SMILES string of the molecule is CCC(c1nnc(SCC(=O)Nc2ccc(OC(F)(F)F)cc2)n1Cc1ccccc1)N(C)C. The van der Waals surface area contributed by atoms with Crippen molar-refractivity contribution in [2.45, 2.75) is 37.4 Å². The number of rotatable bonds is 10. The van der Waals surface area contributed by atoms with Crippen LogP contribution in [0.1, 0.15) is 30.8 Å². The number of ether oxygens (including phenoxy) is 1. The van der Waals surface area contributed by atoms with Gasteiger partial charge in [0.1, 0.15) is 5.75 Å². The number of hydrogen-bond donors (Lipinski definition) is 1. The zero-order chi connectivity index (χ0) is 24.7. The second-order valence-electron chi connectivity index (χ2n) is 7.71. The van der Waals surface area contributed by atoms with E-state index in [9.17, 15) is 18.0 Å². The van der Waals surface area contributed by atoms with Crippen LogP contribution >= 0.6 is 11.8 Å². The number of aromatic nitrogens is 3. The summed E-state index contributed by atoms with van der Waals surface area (Å²) in [6.07, 6.45) is -3.92. The van der Waals surface area contributed by atoms with Gasteiger partial charge in [0.15, 0.2) is 11.0 Å². The van der Waals surface area contributed by atoms with Gasteiger partial charge in [0.2, 0.25) is 5.91 Å². The third-order valence-corrected chi connectivity index (χ3v) is 5.91. The number of alkyl halides is 3. The van der Waals surface area contributed by atoms with E-state index in [4.69, 9.17) is 0 Å². The van der Waals surface area contributed by atoms with Crippen LogP contribution in [-0.4, -0.2) is 51.8 Å². The lowest BCUT2D eigenvalue weighted by Crippen LogP contribution is -2.23. The van der Waals surface area contributed by atoms with E-state index in [1.165, 1.54) is 23.9 Å². The summed E-state index contributed by atoms with van der Waals surface area (Å²) in [5.74, 6) is 0.212. The molecule has 0 aliphatic heterocycles. The summed E-state index contributed by atoms with van der Waals surface area (Å²) >= 11 is 1.25. The van der Waals surface area contributed by atoms with Crippen molar-refractivity contribution in [3.8, 4) is 5.75 Å². The van der Waals surface area contributed by atoms with Crippen molar-refractivity contribution >= 4 is 23.4 Å². The Morgan fingerprint density at radius 3 is 2.38 bits per heavy atom. The molecule has 0 saturated heterocycles. The lowest BCUT2D eigenvalue weighted by molar-refractivity contribution is -0.274. The Bertz CT molecular complexity index is 1070. The fourth-order valence-electron chi connectivity index (χ4n) is 3.41. The van der Waals surface area contributed by atoms with Crippen LogP contribution in [0.5, 0.6) is 5.75 Å². The van der Waals surface area contributed by atoms with Gasteiger partial charge >= 0.3 is 6.36 Å². The third-order valence-electron chi connectivity index (χ3n) is 4.94. The van der Waals surface area contributed by atoms with E-state index in [1.807, 2.05) is 49.0 Å². The first kappa shape index (κ1) is 25.6. The molecule has 0 fully saturated rings. The first-order valence-electron chi connectivity index (χ1n) is 10.6. The van der Waals surface area contributed by atoms with Crippen molar-refractivity contribution in [3.63, 3.8) is 0 Å². The van der Waals surface area contributed by atoms with Crippen LogP contribution in [0.25, 0.3) is 0 Å². The summed E-state index contributed by atoms with van der Waals surface area (Å²) in [4.78, 5) is 14.5. The average molecular weight is 494 g/mol. The molecule has 34 heavy (non-hydrogen) atoms. The van der Waals surface area contributed by atoms with Gasteiger partial charge in [0.05, 0.1) is 18.3 Å². The van der Waals surface area contributed by atoms with Crippen LogP contribution < -0.4 is 10.1 Å². The zero-order valence-electron chi connectivity index (χ0n) is 19.0. The number of carbonyl (C=O) groups is 1. The summed E-state index contributed by atoms with van der Waals surface area (Å²) in [7, 11) is 3.97. The van der Waals surface area contributed by atoms with Gasteiger partial charge in [-0.3, -0.25) is 9.69 Å². The van der Waals surface area contributed by atoms with Crippen LogP contribution in [0.15, 0.2) is 59.8 Å². The Hall–Kier alpha value is -3.05. The number of carbonyl (C=O) groups excluding carboxylic acids is 1. The van der Waals surface area contributed by atoms with Crippen LogP contribution in [-0.2, 0) is 11.3 Å². The van der Waals surface area contributed by atoms with Crippen LogP contribution in [0.2, 0.25) is 0 Å². The topological polar surface area (TPSA) is 72.3 Å². The van der Waals surface area contributed by atoms with Crippen molar-refractivity contribution in [1.82, 2.24) is 19.7 Å². The van der Waals surface area contributed by atoms with Crippen molar-refractivity contribution in [1.29, 1.82) is 0 Å². The fourth-order valence-corrected chi connectivity index (χ4v) is 4.16. The molecule has 7 nitrogen and oxygen atoms in total. The molecule has 0 aliphatic rings. The van der Waals surface area contributed by atoms with E-state index in [2.05, 4.69) is 32.1 Å². The number of anilines is 1. The minimum absolute atomic E-state index is 0.0620. The van der Waals surface area contributed by atoms with Gasteiger partial charge in [0.25, 0.3) is 0 Å². The van der Waals surface area contributed by atoms with Gasteiger partial charge in [-0.2, -0.15) is 0 Å². The largest absolute Gasteiger partial charge is 0.573 e. The molecule has 1 amide bonds. The van der Waals surface area contributed by atoms with Gasteiger partial charge in [-0.15, -0.1) is 23.4 Å². The van der Waals surface area contributed by atoms with E-state index in [-0.39, 0.29) is 23.5 Å². The number of thioether (sulfide) groups is 1. The maximum atomic E-state index is 12.5. The highest BCUT2D eigenvalue weighted by atomic mass is 32.2. The summed E-state index contributed by atoms with van der Waals surface area (Å²) in [5, 5.41) is 12.0. The summed E-state index contributed by atoms with van der Waals surface area (Å²) < 4.78 is 42.7. The zero-order valence-corrected chi connectivity index (χ0v) is 19.9. The molecular formula is C23H26F3N5O2S. The van der Waals surface area contributed by atoms with Gasteiger partial charge in [-0.25, -0.2) is 0 Å². The average Bonchev–Trinajstić information content (AvgIpc) is 3.16. The third kappa shape index (κ3) is 7.22. The Balaban J connectivity index is 1.69. The fraction of sp³-hybridized carbons (Fsp3) is 0.348. The Morgan fingerprint density at radius 2 is 1.79 bits per heavy atom. The number of halogens is 3. The summed E-state index contributed by atoms with van der Waals surface area (Å²) in [5.41, 5.74) is 1.45. The minimum Gasteiger partial charge on any atom is -0.406 e. The van der Waals surface area contributed by atoms with E-state index in [0.29, 0.717) is 17.4 Å². The van der Waals surface area contributed by atoms with E-state index in [0.717, 1.165) is 29.9 Å². The van der Waals surface area contributed by atoms with Gasteiger partial charge in [-0.1, -0.05) is 49.0 Å². The normalized spacial score (nSPS) is 12.6. The molecule has 3 aromatic rings. The van der Waals surface area contributed by atoms with Crippen molar-refractivity contribution in [3.05, 3.63) is 66.0 Å². The minimum atomic E-state index is -4.76. The van der Waals surface area contributed by atoms with Gasteiger partial charge in [-0.05, 0) is 50.3 Å². The van der Waals surface area contributed by atoms with Gasteiger partial charge < -0.3 is 14.6 Å². The van der Waals surface area contributed by atoms with E-state index >= 15 is 0 Å². The first-order valence-corrected chi connectivity index (χ1v) is 11.6. The molecule has 3 rings (SSSR count). The lowest BCUT2D eigenvalue weighted by Gasteiger charge is -2.23. The molecule has 1 aromatic heterocycles. The number of nitrogens with one attached hydrogen (secondary N) is 1. The monoisotopic (exact) mass is 493 g/mol. The van der Waals surface area contributed by atoms with E-state index < -0.39 is 6.36 Å². The highest BCUT2D eigenvalue weighted by Crippen LogP contribution is 2.27. The molecule has 0 aliphatic carbocycles. The van der Waals surface area contributed by atoms with Gasteiger partial charge in [0, 0.05) is 5.69 Å². The molecule has 1 heterocycles. The first-order chi connectivity index (χ1) is 16.2.